The van der Waals surface area contributed by atoms with Gasteiger partial charge >= 0.3 is 0 Å². The number of ether oxygens (including phenoxy) is 3. The summed E-state index contributed by atoms with van der Waals surface area (Å²) in [6.45, 7) is 5.18. The molecule has 0 aromatic heterocycles. The second kappa shape index (κ2) is 12.5. The summed E-state index contributed by atoms with van der Waals surface area (Å²) in [7, 11) is 1.68. The number of halogens is 1. The number of nitrogens with one attached hydrogen (secondary N) is 1. The number of aryl methyl sites for hydroxylation is 1. The van der Waals surface area contributed by atoms with E-state index < -0.39 is 0 Å². The molecule has 202 valence electrons. The minimum absolute atomic E-state index is 0.302. The van der Waals surface area contributed by atoms with Crippen molar-refractivity contribution in [3.8, 4) is 17.2 Å². The number of methoxy groups -OCH3 is 1. The Labute approximate surface area is 224 Å². The lowest BCUT2D eigenvalue weighted by Gasteiger charge is -2.27. The van der Waals surface area contributed by atoms with Crippen LogP contribution in [0, 0.1) is 5.82 Å². The minimum atomic E-state index is -0.321. The number of phenols is 1. The number of nitrogens with zero attached hydrogens (tertiary/aromatic N) is 1. The van der Waals surface area contributed by atoms with Crippen molar-refractivity contribution >= 4 is 5.69 Å². The van der Waals surface area contributed by atoms with Gasteiger partial charge in [-0.05, 0) is 84.2 Å². The number of morpholine rings is 1. The molecule has 0 radical (unpaired) electrons. The van der Waals surface area contributed by atoms with Crippen molar-refractivity contribution in [3.63, 3.8) is 0 Å². The highest BCUT2D eigenvalue weighted by atomic mass is 19.1. The molecule has 1 heterocycles. The predicted octanol–water partition coefficient (Wildman–Crippen LogP) is 5.18. The van der Waals surface area contributed by atoms with Crippen LogP contribution in [0.5, 0.6) is 17.2 Å². The van der Waals surface area contributed by atoms with Crippen LogP contribution in [0.4, 0.5) is 10.1 Å². The van der Waals surface area contributed by atoms with E-state index in [0.717, 1.165) is 69.1 Å². The molecule has 3 aromatic carbocycles. The van der Waals surface area contributed by atoms with E-state index in [-0.39, 0.29) is 5.82 Å². The van der Waals surface area contributed by atoms with Gasteiger partial charge in [0.25, 0.3) is 0 Å². The molecule has 0 spiro atoms. The smallest absolute Gasteiger partial charge is 0.165 e. The summed E-state index contributed by atoms with van der Waals surface area (Å²) in [4.78, 5) is 2.27. The molecule has 6 nitrogen and oxygen atoms in total. The molecule has 0 amide bonds. The standard InChI is InChI=1S/C31H37FN2O4/c1-36-27-7-8-28(25-4-3-24-20-26(35)6-5-23(24)19-25)30(21-27)33-11-10-22-2-9-31(29(32)18-22)38-17-14-34-12-15-37-16-13-34/h2,5-9,18,20-21,25,33,35H,3-4,10-17,19H2,1H3. The minimum Gasteiger partial charge on any atom is -0.508 e. The number of benzene rings is 3. The molecule has 0 saturated carbocycles. The van der Waals surface area contributed by atoms with Crippen LogP contribution in [0.15, 0.2) is 54.6 Å². The molecule has 1 aliphatic carbocycles. The van der Waals surface area contributed by atoms with E-state index in [9.17, 15) is 9.50 Å². The summed E-state index contributed by atoms with van der Waals surface area (Å²) in [5.41, 5.74) is 5.77. The average molecular weight is 521 g/mol. The number of hydrogen-bond acceptors (Lipinski definition) is 6. The molecule has 3 aromatic rings. The molecule has 1 saturated heterocycles. The van der Waals surface area contributed by atoms with Crippen molar-refractivity contribution in [2.45, 2.75) is 31.6 Å². The van der Waals surface area contributed by atoms with Crippen molar-refractivity contribution in [2.75, 3.05) is 58.4 Å². The fourth-order valence-corrected chi connectivity index (χ4v) is 5.45. The van der Waals surface area contributed by atoms with Crippen molar-refractivity contribution in [1.82, 2.24) is 4.90 Å². The fourth-order valence-electron chi connectivity index (χ4n) is 5.45. The zero-order valence-corrected chi connectivity index (χ0v) is 22.0. The first kappa shape index (κ1) is 26.3. The number of hydrogen-bond donors (Lipinski definition) is 2. The number of aromatic hydroxyl groups is 1. The van der Waals surface area contributed by atoms with E-state index in [1.807, 2.05) is 30.3 Å². The first-order chi connectivity index (χ1) is 18.6. The van der Waals surface area contributed by atoms with Crippen LogP contribution in [-0.4, -0.2) is 63.1 Å². The van der Waals surface area contributed by atoms with Gasteiger partial charge in [-0.15, -0.1) is 0 Å². The third-order valence-corrected chi connectivity index (χ3v) is 7.61. The number of fused-ring (bicyclic) bond motifs is 1. The lowest BCUT2D eigenvalue weighted by atomic mass is 9.79. The highest BCUT2D eigenvalue weighted by molar-refractivity contribution is 5.58. The molecule has 2 N–H and O–H groups in total. The maximum atomic E-state index is 14.7. The summed E-state index contributed by atoms with van der Waals surface area (Å²) in [6.07, 6.45) is 3.60. The molecule has 1 aliphatic heterocycles. The van der Waals surface area contributed by atoms with Gasteiger partial charge in [-0.3, -0.25) is 4.90 Å². The maximum Gasteiger partial charge on any atom is 0.165 e. The molecule has 1 fully saturated rings. The van der Waals surface area contributed by atoms with Gasteiger partial charge in [0.05, 0.1) is 20.3 Å². The quantitative estimate of drug-likeness (QED) is 0.384. The highest BCUT2D eigenvalue weighted by Crippen LogP contribution is 2.38. The van der Waals surface area contributed by atoms with Gasteiger partial charge in [0, 0.05) is 37.9 Å². The molecule has 5 rings (SSSR count). The van der Waals surface area contributed by atoms with E-state index in [1.165, 1.54) is 16.7 Å². The molecular formula is C31H37FN2O4. The topological polar surface area (TPSA) is 63.2 Å². The van der Waals surface area contributed by atoms with E-state index in [1.54, 1.807) is 25.3 Å². The zero-order valence-electron chi connectivity index (χ0n) is 22.0. The monoisotopic (exact) mass is 520 g/mol. The van der Waals surface area contributed by atoms with Gasteiger partial charge in [0.15, 0.2) is 11.6 Å². The Bertz CT molecular complexity index is 1230. The average Bonchev–Trinajstić information content (AvgIpc) is 2.94. The van der Waals surface area contributed by atoms with Gasteiger partial charge in [-0.2, -0.15) is 0 Å². The van der Waals surface area contributed by atoms with Gasteiger partial charge < -0.3 is 24.6 Å². The molecule has 2 aliphatic rings. The molecule has 1 atom stereocenters. The second-order valence-electron chi connectivity index (χ2n) is 10.1. The van der Waals surface area contributed by atoms with Gasteiger partial charge in [-0.25, -0.2) is 4.39 Å². The summed E-state index contributed by atoms with van der Waals surface area (Å²) < 4.78 is 31.3. The van der Waals surface area contributed by atoms with Crippen LogP contribution in [0.3, 0.4) is 0 Å². The third kappa shape index (κ3) is 6.58. The Hall–Kier alpha value is -3.29. The van der Waals surface area contributed by atoms with Crippen LogP contribution < -0.4 is 14.8 Å². The molecule has 7 heteroatoms. The first-order valence-electron chi connectivity index (χ1n) is 13.5. The molecule has 38 heavy (non-hydrogen) atoms. The van der Waals surface area contributed by atoms with Gasteiger partial charge in [-0.1, -0.05) is 18.2 Å². The predicted molar refractivity (Wildman–Crippen MR) is 147 cm³/mol. The van der Waals surface area contributed by atoms with Gasteiger partial charge in [0.1, 0.15) is 18.1 Å². The number of rotatable bonds is 10. The normalized spacial score (nSPS) is 17.6. The summed E-state index contributed by atoms with van der Waals surface area (Å²) in [5, 5.41) is 13.4. The van der Waals surface area contributed by atoms with Crippen LogP contribution >= 0.6 is 0 Å². The van der Waals surface area contributed by atoms with Crippen LogP contribution in [0.2, 0.25) is 0 Å². The molecular weight excluding hydrogens is 483 g/mol. The second-order valence-corrected chi connectivity index (χ2v) is 10.1. The Morgan fingerprint density at radius 2 is 1.92 bits per heavy atom. The summed E-state index contributed by atoms with van der Waals surface area (Å²) in [6, 6.07) is 17.2. The third-order valence-electron chi connectivity index (χ3n) is 7.61. The van der Waals surface area contributed by atoms with Crippen LogP contribution in [0.25, 0.3) is 0 Å². The number of phenolic OH excluding ortho intramolecular Hbond substituents is 1. The van der Waals surface area contributed by atoms with Crippen molar-refractivity contribution in [1.29, 1.82) is 0 Å². The van der Waals surface area contributed by atoms with E-state index in [0.29, 0.717) is 37.0 Å². The maximum absolute atomic E-state index is 14.7. The van der Waals surface area contributed by atoms with Gasteiger partial charge in [0.2, 0.25) is 0 Å². The summed E-state index contributed by atoms with van der Waals surface area (Å²) >= 11 is 0. The first-order valence-corrected chi connectivity index (χ1v) is 13.5. The van der Waals surface area contributed by atoms with Crippen LogP contribution in [-0.2, 0) is 24.0 Å². The molecule has 1 unspecified atom stereocenters. The SMILES string of the molecule is COc1ccc(C2CCc3cc(O)ccc3C2)c(NCCc2ccc(OCCN3CCOCC3)c(F)c2)c1. The largest absolute Gasteiger partial charge is 0.508 e. The van der Waals surface area contributed by atoms with E-state index in [4.69, 9.17) is 14.2 Å². The zero-order chi connectivity index (χ0) is 26.3. The highest BCUT2D eigenvalue weighted by Gasteiger charge is 2.23. The lowest BCUT2D eigenvalue weighted by Crippen LogP contribution is -2.38. The van der Waals surface area contributed by atoms with E-state index >= 15 is 0 Å². The fraction of sp³-hybridized carbons (Fsp3) is 0.419. The summed E-state index contributed by atoms with van der Waals surface area (Å²) in [5.74, 6) is 1.50. The van der Waals surface area contributed by atoms with Crippen molar-refractivity contribution in [2.24, 2.45) is 0 Å². The van der Waals surface area contributed by atoms with E-state index in [2.05, 4.69) is 16.3 Å². The lowest BCUT2D eigenvalue weighted by molar-refractivity contribution is 0.0320. The van der Waals surface area contributed by atoms with Crippen molar-refractivity contribution < 1.29 is 23.7 Å². The van der Waals surface area contributed by atoms with Crippen LogP contribution in [0.1, 0.15) is 34.6 Å². The molecule has 0 bridgehead atoms. The Morgan fingerprint density at radius 3 is 2.74 bits per heavy atom. The number of anilines is 1. The van der Waals surface area contributed by atoms with Crippen molar-refractivity contribution in [3.05, 3.63) is 82.7 Å². The Kier molecular flexibility index (Phi) is 8.66. The Balaban J connectivity index is 1.18. The Morgan fingerprint density at radius 1 is 1.05 bits per heavy atom.